The number of carbonyl (C=O) groups excluding carboxylic acids is 1. The molecule has 0 unspecified atom stereocenters. The maximum atomic E-state index is 13.0. The number of hydrogen-bond donors (Lipinski definition) is 1. The minimum Gasteiger partial charge on any atom is -0.360 e. The van der Waals surface area contributed by atoms with Gasteiger partial charge in [0.15, 0.2) is 17.2 Å². The molecule has 1 saturated carbocycles. The molecule has 3 aromatic heterocycles. The van der Waals surface area contributed by atoms with Crippen LogP contribution in [0.4, 0.5) is 13.2 Å². The van der Waals surface area contributed by atoms with E-state index in [2.05, 4.69) is 20.7 Å². The summed E-state index contributed by atoms with van der Waals surface area (Å²) in [6.45, 7) is -0.0903. The normalized spacial score (nSPS) is 14.8. The molecule has 1 aliphatic rings. The van der Waals surface area contributed by atoms with E-state index < -0.39 is 17.6 Å². The molecule has 1 amide bonds. The summed E-state index contributed by atoms with van der Waals surface area (Å²) in [5.74, 6) is 0.697. The summed E-state index contributed by atoms with van der Waals surface area (Å²) < 4.78 is 45.2. The summed E-state index contributed by atoms with van der Waals surface area (Å²) in [5, 5.41) is 13.6. The van der Waals surface area contributed by atoms with Gasteiger partial charge in [-0.25, -0.2) is 0 Å². The number of halogens is 3. The van der Waals surface area contributed by atoms with E-state index >= 15 is 0 Å². The Labute approximate surface area is 138 Å². The van der Waals surface area contributed by atoms with Gasteiger partial charge in [-0.05, 0) is 25.0 Å². The van der Waals surface area contributed by atoms with Crippen molar-refractivity contribution in [2.75, 3.05) is 0 Å². The highest BCUT2D eigenvalue weighted by molar-refractivity contribution is 5.92. The van der Waals surface area contributed by atoms with Gasteiger partial charge in [0.2, 0.25) is 0 Å². The number of rotatable bonds is 4. The van der Waals surface area contributed by atoms with E-state index in [-0.39, 0.29) is 23.7 Å². The Hall–Kier alpha value is -2.91. The fourth-order valence-corrected chi connectivity index (χ4v) is 2.51. The van der Waals surface area contributed by atoms with Crippen molar-refractivity contribution in [2.45, 2.75) is 31.5 Å². The van der Waals surface area contributed by atoms with Gasteiger partial charge in [0, 0.05) is 18.2 Å². The summed E-state index contributed by atoms with van der Waals surface area (Å²) in [6.07, 6.45) is -1.09. The Bertz CT molecular complexity index is 942. The van der Waals surface area contributed by atoms with Crippen LogP contribution in [0, 0.1) is 0 Å². The number of pyridine rings is 1. The average Bonchev–Trinajstić information content (AvgIpc) is 3.16. The molecule has 0 spiro atoms. The van der Waals surface area contributed by atoms with Crippen molar-refractivity contribution >= 4 is 11.6 Å². The van der Waals surface area contributed by atoms with Crippen LogP contribution in [0.2, 0.25) is 0 Å². The second-order valence-electron chi connectivity index (χ2n) is 5.80. The number of amides is 1. The largest absolute Gasteiger partial charge is 0.420 e. The van der Waals surface area contributed by atoms with Gasteiger partial charge in [-0.1, -0.05) is 5.16 Å². The molecule has 3 aromatic rings. The third-order valence-electron chi connectivity index (χ3n) is 3.96. The van der Waals surface area contributed by atoms with Crippen molar-refractivity contribution in [1.29, 1.82) is 0 Å². The molecular formula is C15H12F3N5O2. The van der Waals surface area contributed by atoms with Crippen LogP contribution in [0.25, 0.3) is 5.65 Å². The zero-order valence-electron chi connectivity index (χ0n) is 12.7. The number of hydrogen-bond acceptors (Lipinski definition) is 5. The third kappa shape index (κ3) is 2.94. The summed E-state index contributed by atoms with van der Waals surface area (Å²) in [7, 11) is 0. The second-order valence-corrected chi connectivity index (χ2v) is 5.80. The molecule has 25 heavy (non-hydrogen) atoms. The first-order valence-corrected chi connectivity index (χ1v) is 7.58. The van der Waals surface area contributed by atoms with Crippen molar-refractivity contribution in [3.05, 3.63) is 47.2 Å². The van der Waals surface area contributed by atoms with Crippen LogP contribution < -0.4 is 5.32 Å². The molecule has 1 N–H and O–H groups in total. The van der Waals surface area contributed by atoms with E-state index in [0.717, 1.165) is 18.9 Å². The number of nitrogens with one attached hydrogen (secondary N) is 1. The molecular weight excluding hydrogens is 339 g/mol. The molecule has 0 aliphatic heterocycles. The molecule has 7 nitrogen and oxygen atoms in total. The first kappa shape index (κ1) is 15.6. The summed E-state index contributed by atoms with van der Waals surface area (Å²) in [6, 6.07) is 3.77. The van der Waals surface area contributed by atoms with Gasteiger partial charge >= 0.3 is 6.18 Å². The molecule has 0 saturated heterocycles. The second kappa shape index (κ2) is 5.57. The molecule has 0 radical (unpaired) electrons. The van der Waals surface area contributed by atoms with Crippen LogP contribution in [0.15, 0.2) is 28.9 Å². The highest BCUT2D eigenvalue weighted by Crippen LogP contribution is 2.40. The van der Waals surface area contributed by atoms with Gasteiger partial charge in [0.1, 0.15) is 11.3 Å². The van der Waals surface area contributed by atoms with Crippen LogP contribution in [-0.4, -0.2) is 25.7 Å². The van der Waals surface area contributed by atoms with Crippen LogP contribution in [0.1, 0.15) is 46.4 Å². The zero-order chi connectivity index (χ0) is 17.6. The van der Waals surface area contributed by atoms with Gasteiger partial charge in [-0.3, -0.25) is 9.20 Å². The fourth-order valence-electron chi connectivity index (χ4n) is 2.51. The highest BCUT2D eigenvalue weighted by Gasteiger charge is 2.34. The van der Waals surface area contributed by atoms with Gasteiger partial charge in [0.25, 0.3) is 5.91 Å². The Balaban J connectivity index is 1.51. The number of nitrogens with zero attached hydrogens (tertiary/aromatic N) is 4. The van der Waals surface area contributed by atoms with Crippen molar-refractivity contribution in [3.8, 4) is 0 Å². The SMILES string of the molecule is O=C(NCc1nnc2c(C(F)(F)F)cccn12)c1cc(C2CC2)on1. The molecule has 4 rings (SSSR count). The summed E-state index contributed by atoms with van der Waals surface area (Å²) in [4.78, 5) is 12.1. The Morgan fingerprint density at radius 1 is 1.36 bits per heavy atom. The molecule has 1 fully saturated rings. The van der Waals surface area contributed by atoms with Crippen molar-refractivity contribution in [3.63, 3.8) is 0 Å². The molecule has 1 aliphatic carbocycles. The highest BCUT2D eigenvalue weighted by atomic mass is 19.4. The lowest BCUT2D eigenvalue weighted by Gasteiger charge is -2.07. The molecule has 10 heteroatoms. The molecule has 0 aromatic carbocycles. The maximum Gasteiger partial charge on any atom is 0.420 e. The third-order valence-corrected chi connectivity index (χ3v) is 3.96. The smallest absolute Gasteiger partial charge is 0.360 e. The van der Waals surface area contributed by atoms with Gasteiger partial charge < -0.3 is 9.84 Å². The molecule has 130 valence electrons. The van der Waals surface area contributed by atoms with Crippen molar-refractivity contribution in [1.82, 2.24) is 25.1 Å². The minimum atomic E-state index is -4.53. The Morgan fingerprint density at radius 3 is 2.88 bits per heavy atom. The van der Waals surface area contributed by atoms with Crippen LogP contribution in [0.5, 0.6) is 0 Å². The van der Waals surface area contributed by atoms with Crippen LogP contribution in [-0.2, 0) is 12.7 Å². The lowest BCUT2D eigenvalue weighted by molar-refractivity contribution is -0.136. The van der Waals surface area contributed by atoms with E-state index in [1.54, 1.807) is 6.07 Å². The number of aromatic nitrogens is 4. The maximum absolute atomic E-state index is 13.0. The van der Waals surface area contributed by atoms with E-state index in [1.807, 2.05) is 0 Å². The van der Waals surface area contributed by atoms with E-state index in [1.165, 1.54) is 16.7 Å². The number of fused-ring (bicyclic) bond motifs is 1. The van der Waals surface area contributed by atoms with E-state index in [4.69, 9.17) is 4.52 Å². The topological polar surface area (TPSA) is 85.3 Å². The minimum absolute atomic E-state index is 0.0903. The van der Waals surface area contributed by atoms with Gasteiger partial charge in [-0.2, -0.15) is 13.2 Å². The summed E-state index contributed by atoms with van der Waals surface area (Å²) in [5.41, 5.74) is -1.06. The zero-order valence-corrected chi connectivity index (χ0v) is 12.7. The van der Waals surface area contributed by atoms with Crippen LogP contribution in [0.3, 0.4) is 0 Å². The average molecular weight is 351 g/mol. The lowest BCUT2D eigenvalue weighted by atomic mass is 10.2. The predicted octanol–water partition coefficient (Wildman–Crippen LogP) is 2.54. The fraction of sp³-hybridized carbons (Fsp3) is 0.333. The Morgan fingerprint density at radius 2 is 2.16 bits per heavy atom. The van der Waals surface area contributed by atoms with Crippen LogP contribution >= 0.6 is 0 Å². The first-order valence-electron chi connectivity index (χ1n) is 7.58. The summed E-state index contributed by atoms with van der Waals surface area (Å²) >= 11 is 0. The standard InChI is InChI=1S/C15H12F3N5O2/c16-15(17,18)9-2-1-5-23-12(20-21-13(9)23)7-19-14(24)10-6-11(25-22-10)8-3-4-8/h1-2,5-6,8H,3-4,7H2,(H,19,24). The Kier molecular flexibility index (Phi) is 3.48. The van der Waals surface area contributed by atoms with E-state index in [0.29, 0.717) is 11.7 Å². The van der Waals surface area contributed by atoms with Gasteiger partial charge in [0.05, 0.1) is 6.54 Å². The lowest BCUT2D eigenvalue weighted by Crippen LogP contribution is -2.24. The monoisotopic (exact) mass is 351 g/mol. The predicted molar refractivity (Wildman–Crippen MR) is 77.6 cm³/mol. The van der Waals surface area contributed by atoms with Crippen molar-refractivity contribution in [2.24, 2.45) is 0 Å². The van der Waals surface area contributed by atoms with Crippen molar-refractivity contribution < 1.29 is 22.5 Å². The van der Waals surface area contributed by atoms with Gasteiger partial charge in [-0.15, -0.1) is 10.2 Å². The molecule has 3 heterocycles. The quantitative estimate of drug-likeness (QED) is 0.781. The number of alkyl halides is 3. The molecule has 0 atom stereocenters. The first-order chi connectivity index (χ1) is 11.9. The molecule has 0 bridgehead atoms. The van der Waals surface area contributed by atoms with E-state index in [9.17, 15) is 18.0 Å². The number of carbonyl (C=O) groups is 1.